The predicted molar refractivity (Wildman–Crippen MR) is 126 cm³/mol. The first kappa shape index (κ1) is 23.6. The number of hydrogen-bond acceptors (Lipinski definition) is 7. The normalized spacial score (nSPS) is 17.8. The Balaban J connectivity index is 1.40. The lowest BCUT2D eigenvalue weighted by Gasteiger charge is -2.24. The summed E-state index contributed by atoms with van der Waals surface area (Å²) in [7, 11) is 0. The molecule has 4 heterocycles. The lowest BCUT2D eigenvalue weighted by molar-refractivity contribution is -0.117. The fourth-order valence-corrected chi connectivity index (χ4v) is 4.70. The second kappa shape index (κ2) is 9.17. The summed E-state index contributed by atoms with van der Waals surface area (Å²) in [4.78, 5) is 55.9. The summed E-state index contributed by atoms with van der Waals surface area (Å²) in [6.45, 7) is 1.73. The van der Waals surface area contributed by atoms with Gasteiger partial charge in [0.05, 0.1) is 30.7 Å². The van der Waals surface area contributed by atoms with Crippen LogP contribution in [0.15, 0.2) is 40.1 Å². The van der Waals surface area contributed by atoms with Crippen LogP contribution in [-0.4, -0.2) is 52.0 Å². The second-order valence-electron chi connectivity index (χ2n) is 8.86. The Labute approximate surface area is 203 Å². The highest BCUT2D eigenvalue weighted by Gasteiger charge is 2.34. The van der Waals surface area contributed by atoms with Gasteiger partial charge in [-0.15, -0.1) is 0 Å². The number of Topliss-reactive ketones (excluding diaryl/α,β-unsaturated/α-hetero) is 1. The molecule has 0 N–H and O–H groups in total. The largest absolute Gasteiger partial charge is 0.444 e. The third-order valence-electron chi connectivity index (χ3n) is 6.49. The molecule has 12 heteroatoms. The summed E-state index contributed by atoms with van der Waals surface area (Å²) < 4.78 is 38.2. The molecule has 5 rings (SSSR count). The van der Waals surface area contributed by atoms with Gasteiger partial charge in [0.1, 0.15) is 23.1 Å². The first-order valence-corrected chi connectivity index (χ1v) is 11.5. The minimum Gasteiger partial charge on any atom is -0.444 e. The number of carbonyl (C=O) groups is 2. The van der Waals surface area contributed by atoms with Crippen molar-refractivity contribution in [3.05, 3.63) is 62.8 Å². The molecular weight excluding hydrogens is 476 g/mol. The van der Waals surface area contributed by atoms with Gasteiger partial charge in [0.2, 0.25) is 0 Å². The number of rotatable bonds is 5. The van der Waals surface area contributed by atoms with Gasteiger partial charge in [0.15, 0.2) is 11.6 Å². The monoisotopic (exact) mass is 499 g/mol. The minimum atomic E-state index is -0.887. The number of fused-ring (bicyclic) bond motifs is 2. The average Bonchev–Trinajstić information content (AvgIpc) is 3.08. The van der Waals surface area contributed by atoms with Crippen molar-refractivity contribution in [3.63, 3.8) is 0 Å². The molecule has 1 aromatic carbocycles. The molecule has 2 aliphatic heterocycles. The van der Waals surface area contributed by atoms with Gasteiger partial charge in [0.25, 0.3) is 11.1 Å². The highest BCUT2D eigenvalue weighted by atomic mass is 19.1. The zero-order valence-corrected chi connectivity index (χ0v) is 19.4. The van der Waals surface area contributed by atoms with Gasteiger partial charge in [-0.3, -0.25) is 19.5 Å². The summed E-state index contributed by atoms with van der Waals surface area (Å²) in [6, 6.07) is 5.20. The standard InChI is InChI=1S/C24H23F2N5O5/c1-14(32)4-5-16-13-29(24(35)36-16)15-11-18(25)21(19(26)12-15)28-7-9-30-22(33)17-3-2-6-27-20(17)23(34)31(30)10-8-28/h2-3,6,11-12,16H,4-5,7-10,13H2,1H3/t16-/m0/s1. The molecule has 1 amide bonds. The number of halogens is 2. The van der Waals surface area contributed by atoms with Crippen molar-refractivity contribution in [1.82, 2.24) is 14.3 Å². The fraction of sp³-hybridized carbons (Fsp3) is 0.375. The molecule has 188 valence electrons. The van der Waals surface area contributed by atoms with Crippen LogP contribution in [0.1, 0.15) is 19.8 Å². The van der Waals surface area contributed by atoms with Gasteiger partial charge in [-0.2, -0.15) is 0 Å². The first-order valence-electron chi connectivity index (χ1n) is 11.5. The Morgan fingerprint density at radius 3 is 2.39 bits per heavy atom. The summed E-state index contributed by atoms with van der Waals surface area (Å²) >= 11 is 0. The van der Waals surface area contributed by atoms with Crippen LogP contribution < -0.4 is 20.9 Å². The number of nitrogens with zero attached hydrogens (tertiary/aromatic N) is 5. The van der Waals surface area contributed by atoms with E-state index >= 15 is 8.78 Å². The maximum absolute atomic E-state index is 15.2. The maximum Gasteiger partial charge on any atom is 0.414 e. The molecule has 3 aromatic rings. The molecule has 0 aliphatic carbocycles. The average molecular weight is 499 g/mol. The Kier molecular flexibility index (Phi) is 6.02. The van der Waals surface area contributed by atoms with E-state index in [0.29, 0.717) is 6.42 Å². The van der Waals surface area contributed by atoms with E-state index in [2.05, 4.69) is 4.98 Å². The van der Waals surface area contributed by atoms with Gasteiger partial charge < -0.3 is 14.4 Å². The van der Waals surface area contributed by atoms with E-state index < -0.39 is 35.0 Å². The first-order chi connectivity index (χ1) is 17.2. The van der Waals surface area contributed by atoms with E-state index in [0.717, 1.165) is 17.0 Å². The number of anilines is 2. The number of ketones is 1. The topological polar surface area (TPSA) is 107 Å². The van der Waals surface area contributed by atoms with Crippen molar-refractivity contribution in [2.24, 2.45) is 0 Å². The summed E-state index contributed by atoms with van der Waals surface area (Å²) in [5.74, 6) is -1.82. The van der Waals surface area contributed by atoms with Crippen LogP contribution in [0.3, 0.4) is 0 Å². The van der Waals surface area contributed by atoms with Crippen LogP contribution in [0.25, 0.3) is 10.9 Å². The predicted octanol–water partition coefficient (Wildman–Crippen LogP) is 2.05. The number of ether oxygens (including phenoxy) is 1. The number of pyridine rings is 1. The van der Waals surface area contributed by atoms with Crippen molar-refractivity contribution >= 4 is 34.2 Å². The zero-order valence-electron chi connectivity index (χ0n) is 19.4. The minimum absolute atomic E-state index is 0.00643. The van der Waals surface area contributed by atoms with Crippen molar-refractivity contribution in [2.45, 2.75) is 39.0 Å². The molecule has 0 saturated carbocycles. The Morgan fingerprint density at radius 2 is 1.72 bits per heavy atom. The molecular formula is C24H23F2N5O5. The Morgan fingerprint density at radius 1 is 1.06 bits per heavy atom. The van der Waals surface area contributed by atoms with Crippen LogP contribution in [0.4, 0.5) is 25.0 Å². The quantitative estimate of drug-likeness (QED) is 0.529. The van der Waals surface area contributed by atoms with Crippen molar-refractivity contribution < 1.29 is 23.1 Å². The van der Waals surface area contributed by atoms with E-state index in [1.807, 2.05) is 0 Å². The molecule has 2 aromatic heterocycles. The van der Waals surface area contributed by atoms with Crippen LogP contribution in [-0.2, 0) is 22.6 Å². The van der Waals surface area contributed by atoms with Gasteiger partial charge in [-0.05, 0) is 25.5 Å². The molecule has 1 saturated heterocycles. The SMILES string of the molecule is CC(=O)CC[C@H]1CN(c2cc(F)c(N3CCn4c(=O)c5cccnc5c(=O)n4CC3)c(F)c2)C(=O)O1. The molecule has 2 aliphatic rings. The van der Waals surface area contributed by atoms with Gasteiger partial charge in [0, 0.05) is 37.8 Å². The highest BCUT2D eigenvalue weighted by Crippen LogP contribution is 2.32. The Bertz CT molecular complexity index is 1420. The van der Waals surface area contributed by atoms with E-state index in [9.17, 15) is 19.2 Å². The fourth-order valence-electron chi connectivity index (χ4n) is 4.70. The van der Waals surface area contributed by atoms with E-state index in [-0.39, 0.29) is 67.2 Å². The van der Waals surface area contributed by atoms with Crippen LogP contribution in [0.2, 0.25) is 0 Å². The van der Waals surface area contributed by atoms with Crippen LogP contribution in [0, 0.1) is 11.6 Å². The van der Waals surface area contributed by atoms with Crippen molar-refractivity contribution in [1.29, 1.82) is 0 Å². The number of hydrogen-bond donors (Lipinski definition) is 0. The molecule has 36 heavy (non-hydrogen) atoms. The molecule has 0 bridgehead atoms. The van der Waals surface area contributed by atoms with E-state index in [1.54, 1.807) is 6.07 Å². The lowest BCUT2D eigenvalue weighted by atomic mass is 10.1. The molecule has 0 spiro atoms. The number of aromatic nitrogens is 3. The second-order valence-corrected chi connectivity index (χ2v) is 8.86. The summed E-state index contributed by atoms with van der Waals surface area (Å²) in [5, 5.41) is 0.188. The highest BCUT2D eigenvalue weighted by molar-refractivity contribution is 5.90. The Hall–Kier alpha value is -4.09. The number of benzene rings is 1. The maximum atomic E-state index is 15.2. The molecule has 1 atom stereocenters. The van der Waals surface area contributed by atoms with E-state index in [1.165, 1.54) is 33.5 Å². The van der Waals surface area contributed by atoms with Crippen LogP contribution >= 0.6 is 0 Å². The summed E-state index contributed by atoms with van der Waals surface area (Å²) in [5.41, 5.74) is -1.10. The van der Waals surface area contributed by atoms with Crippen LogP contribution in [0.5, 0.6) is 0 Å². The van der Waals surface area contributed by atoms with Crippen molar-refractivity contribution in [2.75, 3.05) is 29.4 Å². The molecule has 0 radical (unpaired) electrons. The third kappa shape index (κ3) is 4.12. The number of cyclic esters (lactones) is 1. The van der Waals surface area contributed by atoms with E-state index in [4.69, 9.17) is 4.74 Å². The van der Waals surface area contributed by atoms with Gasteiger partial charge in [-0.25, -0.2) is 22.9 Å². The molecule has 0 unspecified atom stereocenters. The molecule has 10 nitrogen and oxygen atoms in total. The van der Waals surface area contributed by atoms with Gasteiger partial charge in [-0.1, -0.05) is 0 Å². The molecule has 1 fully saturated rings. The smallest absolute Gasteiger partial charge is 0.414 e. The zero-order chi connectivity index (χ0) is 25.6. The summed E-state index contributed by atoms with van der Waals surface area (Å²) in [6.07, 6.45) is 0.719. The number of carbonyl (C=O) groups excluding carboxylic acids is 2. The van der Waals surface area contributed by atoms with Gasteiger partial charge >= 0.3 is 6.09 Å². The number of amides is 1. The lowest BCUT2D eigenvalue weighted by Crippen LogP contribution is -2.39. The van der Waals surface area contributed by atoms with Crippen molar-refractivity contribution in [3.8, 4) is 0 Å². The third-order valence-corrected chi connectivity index (χ3v) is 6.49.